The number of hydrogen-bond donors (Lipinski definition) is 0. The van der Waals surface area contributed by atoms with Gasteiger partial charge in [0.2, 0.25) is 0 Å². The molecule has 14 heavy (non-hydrogen) atoms. The second-order valence-electron chi connectivity index (χ2n) is 5.75. The Balaban J connectivity index is 2.07. The molecule has 0 radical (unpaired) electrons. The van der Waals surface area contributed by atoms with Crippen molar-refractivity contribution in [1.82, 2.24) is 0 Å². The van der Waals surface area contributed by atoms with E-state index in [2.05, 4.69) is 20.8 Å². The third-order valence-corrected chi connectivity index (χ3v) is 5.04. The third-order valence-electron chi connectivity index (χ3n) is 5.04. The molecule has 0 heterocycles. The lowest BCUT2D eigenvalue weighted by molar-refractivity contribution is 0.224. The van der Waals surface area contributed by atoms with Crippen molar-refractivity contribution in [3.05, 3.63) is 0 Å². The second kappa shape index (κ2) is 4.24. The maximum Gasteiger partial charge on any atom is -0.0326 e. The van der Waals surface area contributed by atoms with Crippen LogP contribution in [0.25, 0.3) is 0 Å². The van der Waals surface area contributed by atoms with Gasteiger partial charge in [-0.05, 0) is 48.9 Å². The van der Waals surface area contributed by atoms with Crippen LogP contribution in [0, 0.1) is 29.6 Å². The fraction of sp³-hybridized carbons (Fsp3) is 1.00. The van der Waals surface area contributed by atoms with Crippen LogP contribution in [0.1, 0.15) is 59.3 Å². The molecule has 2 saturated carbocycles. The Bertz CT molecular complexity index is 182. The summed E-state index contributed by atoms with van der Waals surface area (Å²) in [6.45, 7) is 7.26. The van der Waals surface area contributed by atoms with Gasteiger partial charge in [-0.1, -0.05) is 40.0 Å². The molecule has 0 aromatic rings. The van der Waals surface area contributed by atoms with E-state index in [9.17, 15) is 0 Å². The zero-order valence-corrected chi connectivity index (χ0v) is 10.1. The fourth-order valence-corrected chi connectivity index (χ4v) is 4.49. The first-order valence-corrected chi connectivity index (χ1v) is 6.77. The molecule has 0 bridgehead atoms. The normalized spacial score (nSPS) is 46.9. The smallest absolute Gasteiger partial charge is 0.0326 e. The van der Waals surface area contributed by atoms with Crippen molar-refractivity contribution in [2.45, 2.75) is 59.3 Å². The Morgan fingerprint density at radius 2 is 1.93 bits per heavy atom. The summed E-state index contributed by atoms with van der Waals surface area (Å²) >= 11 is 0. The molecule has 0 N–H and O–H groups in total. The van der Waals surface area contributed by atoms with Crippen LogP contribution in [0.5, 0.6) is 0 Å². The summed E-state index contributed by atoms with van der Waals surface area (Å²) < 4.78 is 0. The predicted octanol–water partition coefficient (Wildman–Crippen LogP) is 4.49. The van der Waals surface area contributed by atoms with Gasteiger partial charge in [-0.15, -0.1) is 0 Å². The fourth-order valence-electron chi connectivity index (χ4n) is 4.49. The SMILES string of the molecule is CCC[C@@H]1C2C(CC[C@H]2CC)C[C@H]1C. The van der Waals surface area contributed by atoms with E-state index in [1.165, 1.54) is 19.3 Å². The van der Waals surface area contributed by atoms with E-state index in [0.717, 1.165) is 29.6 Å². The molecule has 0 aromatic carbocycles. The van der Waals surface area contributed by atoms with E-state index < -0.39 is 0 Å². The van der Waals surface area contributed by atoms with E-state index >= 15 is 0 Å². The van der Waals surface area contributed by atoms with Crippen molar-refractivity contribution in [1.29, 1.82) is 0 Å². The van der Waals surface area contributed by atoms with Gasteiger partial charge in [-0.25, -0.2) is 0 Å². The first kappa shape index (κ1) is 10.5. The molecule has 0 nitrogen and oxygen atoms in total. The largest absolute Gasteiger partial charge is 0.0654 e. The zero-order valence-electron chi connectivity index (χ0n) is 10.1. The summed E-state index contributed by atoms with van der Waals surface area (Å²) in [5, 5.41) is 0. The summed E-state index contributed by atoms with van der Waals surface area (Å²) in [4.78, 5) is 0. The first-order chi connectivity index (χ1) is 6.77. The Hall–Kier alpha value is 0. The molecular weight excluding hydrogens is 168 g/mol. The Labute approximate surface area is 89.5 Å². The van der Waals surface area contributed by atoms with Crippen LogP contribution < -0.4 is 0 Å². The molecule has 82 valence electrons. The van der Waals surface area contributed by atoms with Crippen LogP contribution in [0.4, 0.5) is 0 Å². The zero-order chi connectivity index (χ0) is 10.1. The lowest BCUT2D eigenvalue weighted by Gasteiger charge is -2.26. The maximum absolute atomic E-state index is 2.51. The standard InChI is InChI=1S/C14H26/c1-4-6-13-10(3)9-12-8-7-11(5-2)14(12)13/h10-14H,4-9H2,1-3H3/t10-,11-,12?,13+,14?/m1/s1. The number of rotatable bonds is 3. The molecule has 5 atom stereocenters. The van der Waals surface area contributed by atoms with Gasteiger partial charge in [-0.3, -0.25) is 0 Å². The molecule has 0 amide bonds. The molecule has 0 spiro atoms. The molecule has 2 aliphatic rings. The van der Waals surface area contributed by atoms with E-state index in [1.807, 2.05) is 0 Å². The lowest BCUT2D eigenvalue weighted by atomic mass is 9.79. The van der Waals surface area contributed by atoms with Crippen LogP contribution in [-0.2, 0) is 0 Å². The molecular formula is C14H26. The Kier molecular flexibility index (Phi) is 3.19. The predicted molar refractivity (Wildman–Crippen MR) is 62.2 cm³/mol. The molecule has 2 fully saturated rings. The number of fused-ring (bicyclic) bond motifs is 1. The minimum atomic E-state index is 1.03. The molecule has 0 heteroatoms. The van der Waals surface area contributed by atoms with Gasteiger partial charge in [0, 0.05) is 0 Å². The highest BCUT2D eigenvalue weighted by Gasteiger charge is 2.46. The van der Waals surface area contributed by atoms with Crippen LogP contribution in [-0.4, -0.2) is 0 Å². The summed E-state index contributed by atoms with van der Waals surface area (Å²) in [6, 6.07) is 0. The highest BCUT2D eigenvalue weighted by molar-refractivity contribution is 4.96. The van der Waals surface area contributed by atoms with Gasteiger partial charge in [0.15, 0.2) is 0 Å². The molecule has 0 saturated heterocycles. The highest BCUT2D eigenvalue weighted by Crippen LogP contribution is 2.55. The second-order valence-corrected chi connectivity index (χ2v) is 5.75. The average Bonchev–Trinajstić information content (AvgIpc) is 2.68. The Morgan fingerprint density at radius 1 is 1.14 bits per heavy atom. The van der Waals surface area contributed by atoms with Gasteiger partial charge in [0.1, 0.15) is 0 Å². The van der Waals surface area contributed by atoms with Crippen LogP contribution in [0.2, 0.25) is 0 Å². The average molecular weight is 194 g/mol. The van der Waals surface area contributed by atoms with Crippen molar-refractivity contribution in [2.75, 3.05) is 0 Å². The molecule has 2 rings (SSSR count). The van der Waals surface area contributed by atoms with E-state index in [-0.39, 0.29) is 0 Å². The summed E-state index contributed by atoms with van der Waals surface area (Å²) in [6.07, 6.45) is 8.97. The van der Waals surface area contributed by atoms with Crippen LogP contribution in [0.15, 0.2) is 0 Å². The quantitative estimate of drug-likeness (QED) is 0.621. The monoisotopic (exact) mass is 194 g/mol. The van der Waals surface area contributed by atoms with E-state index in [1.54, 1.807) is 19.3 Å². The molecule has 2 aliphatic carbocycles. The molecule has 0 aliphatic heterocycles. The van der Waals surface area contributed by atoms with Gasteiger partial charge in [0.05, 0.1) is 0 Å². The molecule has 0 aromatic heterocycles. The minimum absolute atomic E-state index is 1.03. The summed E-state index contributed by atoms with van der Waals surface area (Å²) in [5.74, 6) is 5.43. The van der Waals surface area contributed by atoms with E-state index in [0.29, 0.717) is 0 Å². The van der Waals surface area contributed by atoms with Gasteiger partial charge in [0.25, 0.3) is 0 Å². The molecule has 2 unspecified atom stereocenters. The van der Waals surface area contributed by atoms with Crippen molar-refractivity contribution in [2.24, 2.45) is 29.6 Å². The van der Waals surface area contributed by atoms with Crippen molar-refractivity contribution >= 4 is 0 Å². The minimum Gasteiger partial charge on any atom is -0.0654 e. The lowest BCUT2D eigenvalue weighted by Crippen LogP contribution is -2.19. The highest BCUT2D eigenvalue weighted by atomic mass is 14.5. The van der Waals surface area contributed by atoms with Gasteiger partial charge in [-0.2, -0.15) is 0 Å². The number of hydrogen-bond acceptors (Lipinski definition) is 0. The summed E-state index contributed by atoms with van der Waals surface area (Å²) in [7, 11) is 0. The maximum atomic E-state index is 2.51. The van der Waals surface area contributed by atoms with Crippen molar-refractivity contribution < 1.29 is 0 Å². The topological polar surface area (TPSA) is 0 Å². The van der Waals surface area contributed by atoms with E-state index in [4.69, 9.17) is 0 Å². The van der Waals surface area contributed by atoms with Gasteiger partial charge >= 0.3 is 0 Å². The van der Waals surface area contributed by atoms with Gasteiger partial charge < -0.3 is 0 Å². The third kappa shape index (κ3) is 1.61. The van der Waals surface area contributed by atoms with Crippen molar-refractivity contribution in [3.8, 4) is 0 Å². The van der Waals surface area contributed by atoms with Crippen LogP contribution in [0.3, 0.4) is 0 Å². The van der Waals surface area contributed by atoms with Crippen LogP contribution >= 0.6 is 0 Å². The Morgan fingerprint density at radius 3 is 2.57 bits per heavy atom. The first-order valence-electron chi connectivity index (χ1n) is 6.77. The summed E-state index contributed by atoms with van der Waals surface area (Å²) in [5.41, 5.74) is 0. The van der Waals surface area contributed by atoms with Crippen molar-refractivity contribution in [3.63, 3.8) is 0 Å².